The van der Waals surface area contributed by atoms with Crippen molar-refractivity contribution in [3.63, 3.8) is 0 Å². The van der Waals surface area contributed by atoms with Crippen LogP contribution in [0.25, 0.3) is 0 Å². The first-order valence-corrected chi connectivity index (χ1v) is 5.89. The van der Waals surface area contributed by atoms with E-state index in [0.29, 0.717) is 11.6 Å². The molecular formula is C13H21FN2. The molecule has 0 atom stereocenters. The fraction of sp³-hybridized carbons (Fsp3) is 0.538. The average molecular weight is 224 g/mol. The molecule has 16 heavy (non-hydrogen) atoms. The van der Waals surface area contributed by atoms with Crippen LogP contribution in [0.3, 0.4) is 0 Å². The Bertz CT molecular complexity index is 300. The van der Waals surface area contributed by atoms with E-state index in [0.717, 1.165) is 26.1 Å². The van der Waals surface area contributed by atoms with Gasteiger partial charge in [-0.1, -0.05) is 26.0 Å². The van der Waals surface area contributed by atoms with Crippen LogP contribution in [-0.4, -0.2) is 19.6 Å². The zero-order chi connectivity index (χ0) is 11.8. The summed E-state index contributed by atoms with van der Waals surface area (Å²) in [5, 5.41) is 6.44. The van der Waals surface area contributed by atoms with Gasteiger partial charge in [0.25, 0.3) is 0 Å². The highest BCUT2D eigenvalue weighted by atomic mass is 19.1. The van der Waals surface area contributed by atoms with E-state index in [4.69, 9.17) is 0 Å². The lowest BCUT2D eigenvalue weighted by Crippen LogP contribution is -2.22. The number of rotatable bonds is 7. The molecule has 0 saturated heterocycles. The van der Waals surface area contributed by atoms with Crippen LogP contribution in [0.15, 0.2) is 24.3 Å². The Morgan fingerprint density at radius 3 is 2.62 bits per heavy atom. The van der Waals surface area contributed by atoms with Crippen molar-refractivity contribution in [1.29, 1.82) is 0 Å². The largest absolute Gasteiger partial charge is 0.383 e. The minimum absolute atomic E-state index is 0.183. The summed E-state index contributed by atoms with van der Waals surface area (Å²) in [7, 11) is 0. The van der Waals surface area contributed by atoms with Crippen molar-refractivity contribution in [1.82, 2.24) is 5.32 Å². The minimum Gasteiger partial charge on any atom is -0.383 e. The van der Waals surface area contributed by atoms with Gasteiger partial charge in [-0.2, -0.15) is 0 Å². The Morgan fingerprint density at radius 2 is 1.94 bits per heavy atom. The summed E-state index contributed by atoms with van der Waals surface area (Å²) in [5.74, 6) is 0.497. The molecule has 0 saturated carbocycles. The van der Waals surface area contributed by atoms with E-state index in [-0.39, 0.29) is 5.82 Å². The molecule has 1 aromatic rings. The fourth-order valence-electron chi connectivity index (χ4n) is 1.43. The Balaban J connectivity index is 2.10. The van der Waals surface area contributed by atoms with Crippen LogP contribution < -0.4 is 10.6 Å². The van der Waals surface area contributed by atoms with Crippen LogP contribution in [0, 0.1) is 11.7 Å². The lowest BCUT2D eigenvalue weighted by molar-refractivity contribution is 0.547. The highest BCUT2D eigenvalue weighted by Crippen LogP contribution is 2.11. The molecule has 0 amide bonds. The molecule has 1 aromatic carbocycles. The van der Waals surface area contributed by atoms with Crippen molar-refractivity contribution >= 4 is 5.69 Å². The second kappa shape index (κ2) is 7.23. The number of halogens is 1. The Hall–Kier alpha value is -1.09. The van der Waals surface area contributed by atoms with E-state index in [9.17, 15) is 4.39 Å². The molecule has 0 heterocycles. The highest BCUT2D eigenvalue weighted by Gasteiger charge is 1.98. The second-order valence-corrected chi connectivity index (χ2v) is 4.36. The predicted molar refractivity (Wildman–Crippen MR) is 67.2 cm³/mol. The third kappa shape index (κ3) is 5.12. The molecule has 0 spiro atoms. The molecule has 0 aliphatic rings. The van der Waals surface area contributed by atoms with Crippen molar-refractivity contribution in [2.24, 2.45) is 5.92 Å². The number of hydrogen-bond donors (Lipinski definition) is 2. The van der Waals surface area contributed by atoms with Crippen LogP contribution in [0.1, 0.15) is 20.3 Å². The third-order valence-corrected chi connectivity index (χ3v) is 2.27. The zero-order valence-electron chi connectivity index (χ0n) is 10.1. The topological polar surface area (TPSA) is 24.1 Å². The molecule has 0 fully saturated rings. The number of benzene rings is 1. The molecule has 0 radical (unpaired) electrons. The molecular weight excluding hydrogens is 203 g/mol. The zero-order valence-corrected chi connectivity index (χ0v) is 10.1. The number of nitrogens with one attached hydrogen (secondary N) is 2. The van der Waals surface area contributed by atoms with Gasteiger partial charge in [0.1, 0.15) is 5.82 Å². The third-order valence-electron chi connectivity index (χ3n) is 2.27. The second-order valence-electron chi connectivity index (χ2n) is 4.36. The van der Waals surface area contributed by atoms with Crippen LogP contribution in [0.4, 0.5) is 10.1 Å². The first-order valence-electron chi connectivity index (χ1n) is 5.89. The lowest BCUT2D eigenvalue weighted by Gasteiger charge is -2.09. The maximum Gasteiger partial charge on any atom is 0.146 e. The Labute approximate surface area is 97.3 Å². The van der Waals surface area contributed by atoms with E-state index in [1.165, 1.54) is 6.07 Å². The van der Waals surface area contributed by atoms with Gasteiger partial charge in [-0.25, -0.2) is 4.39 Å². The molecule has 3 heteroatoms. The summed E-state index contributed by atoms with van der Waals surface area (Å²) in [6, 6.07) is 6.77. The van der Waals surface area contributed by atoms with Gasteiger partial charge in [-0.15, -0.1) is 0 Å². The summed E-state index contributed by atoms with van der Waals surface area (Å²) < 4.78 is 13.2. The van der Waals surface area contributed by atoms with Gasteiger partial charge < -0.3 is 10.6 Å². The fourth-order valence-corrected chi connectivity index (χ4v) is 1.43. The van der Waals surface area contributed by atoms with Gasteiger partial charge in [-0.05, 0) is 37.6 Å². The number of hydrogen-bond acceptors (Lipinski definition) is 2. The van der Waals surface area contributed by atoms with E-state index >= 15 is 0 Å². The van der Waals surface area contributed by atoms with Crippen molar-refractivity contribution in [2.75, 3.05) is 25.0 Å². The smallest absolute Gasteiger partial charge is 0.146 e. The average Bonchev–Trinajstić information content (AvgIpc) is 2.25. The van der Waals surface area contributed by atoms with Crippen LogP contribution >= 0.6 is 0 Å². The molecule has 2 nitrogen and oxygen atoms in total. The molecule has 0 aliphatic heterocycles. The first kappa shape index (κ1) is 13.0. The van der Waals surface area contributed by atoms with Gasteiger partial charge in [-0.3, -0.25) is 0 Å². The first-order chi connectivity index (χ1) is 7.70. The summed E-state index contributed by atoms with van der Waals surface area (Å²) in [6.45, 7) is 7.18. The van der Waals surface area contributed by atoms with Crippen molar-refractivity contribution in [2.45, 2.75) is 20.3 Å². The molecule has 0 unspecified atom stereocenters. The van der Waals surface area contributed by atoms with Gasteiger partial charge in [0, 0.05) is 6.54 Å². The molecule has 2 N–H and O–H groups in total. The lowest BCUT2D eigenvalue weighted by atomic mass is 10.2. The van der Waals surface area contributed by atoms with Crippen LogP contribution in [-0.2, 0) is 0 Å². The Morgan fingerprint density at radius 1 is 1.19 bits per heavy atom. The predicted octanol–water partition coefficient (Wildman–Crippen LogP) is 2.87. The van der Waals surface area contributed by atoms with E-state index in [2.05, 4.69) is 24.5 Å². The summed E-state index contributed by atoms with van der Waals surface area (Å²) in [6.07, 6.45) is 1.00. The van der Waals surface area contributed by atoms with Crippen molar-refractivity contribution in [3.8, 4) is 0 Å². The maximum absolute atomic E-state index is 13.2. The number of para-hydroxylation sites is 1. The molecule has 90 valence electrons. The van der Waals surface area contributed by atoms with Crippen LogP contribution in [0.5, 0.6) is 0 Å². The number of anilines is 1. The summed E-state index contributed by atoms with van der Waals surface area (Å²) in [4.78, 5) is 0. The van der Waals surface area contributed by atoms with Gasteiger partial charge in [0.2, 0.25) is 0 Å². The van der Waals surface area contributed by atoms with Crippen molar-refractivity contribution in [3.05, 3.63) is 30.1 Å². The van der Waals surface area contributed by atoms with E-state index in [1.807, 2.05) is 6.07 Å². The molecule has 1 rings (SSSR count). The SMILES string of the molecule is CC(C)CNCCCNc1ccccc1F. The van der Waals surface area contributed by atoms with Crippen LogP contribution in [0.2, 0.25) is 0 Å². The monoisotopic (exact) mass is 224 g/mol. The van der Waals surface area contributed by atoms with Gasteiger partial charge in [0.05, 0.1) is 5.69 Å². The summed E-state index contributed by atoms with van der Waals surface area (Å²) >= 11 is 0. The van der Waals surface area contributed by atoms with Gasteiger partial charge in [0.15, 0.2) is 0 Å². The minimum atomic E-state index is -0.183. The molecule has 0 aromatic heterocycles. The quantitative estimate of drug-likeness (QED) is 0.696. The standard InChI is InChI=1S/C13H21FN2/c1-11(2)10-15-8-5-9-16-13-7-4-3-6-12(13)14/h3-4,6-7,11,15-16H,5,8-10H2,1-2H3. The highest BCUT2D eigenvalue weighted by molar-refractivity contribution is 5.44. The molecule has 0 bridgehead atoms. The van der Waals surface area contributed by atoms with E-state index < -0.39 is 0 Å². The van der Waals surface area contributed by atoms with Gasteiger partial charge >= 0.3 is 0 Å². The summed E-state index contributed by atoms with van der Waals surface area (Å²) in [5.41, 5.74) is 0.589. The molecule has 0 aliphatic carbocycles. The van der Waals surface area contributed by atoms with E-state index in [1.54, 1.807) is 12.1 Å². The maximum atomic E-state index is 13.2. The normalized spacial score (nSPS) is 10.8. The Kier molecular flexibility index (Phi) is 5.86. The van der Waals surface area contributed by atoms with Crippen molar-refractivity contribution < 1.29 is 4.39 Å².